The molecule has 0 unspecified atom stereocenters. The fourth-order valence-corrected chi connectivity index (χ4v) is 3.19. The lowest BCUT2D eigenvalue weighted by Crippen LogP contribution is -2.45. The van der Waals surface area contributed by atoms with Crippen LogP contribution in [0.25, 0.3) is 0 Å². The van der Waals surface area contributed by atoms with Crippen LogP contribution < -0.4 is 10.1 Å². The molecule has 1 aromatic rings. The fraction of sp³-hybridized carbons (Fsp3) is 0.500. The zero-order valence-electron chi connectivity index (χ0n) is 9.26. The first-order valence-electron chi connectivity index (χ1n) is 5.56. The Bertz CT molecular complexity index is 430. The first kappa shape index (κ1) is 13.3. The molecular formula is C12H14Cl3NO. The van der Waals surface area contributed by atoms with Crippen molar-refractivity contribution in [1.29, 1.82) is 0 Å². The Labute approximate surface area is 117 Å². The minimum atomic E-state index is -0.0398. The van der Waals surface area contributed by atoms with Crippen LogP contribution in [-0.4, -0.2) is 18.7 Å². The third-order valence-electron chi connectivity index (χ3n) is 3.43. The van der Waals surface area contributed by atoms with Crippen molar-refractivity contribution in [2.24, 2.45) is 0 Å². The van der Waals surface area contributed by atoms with Gasteiger partial charge in [-0.1, -0.05) is 23.2 Å². The van der Waals surface area contributed by atoms with Gasteiger partial charge in [0.15, 0.2) is 0 Å². The van der Waals surface area contributed by atoms with E-state index in [9.17, 15) is 0 Å². The average Bonchev–Trinajstić information content (AvgIpc) is 2.57. The van der Waals surface area contributed by atoms with Crippen LogP contribution in [0.2, 0.25) is 10.0 Å². The van der Waals surface area contributed by atoms with Crippen molar-refractivity contribution >= 4 is 35.6 Å². The van der Waals surface area contributed by atoms with E-state index in [0.29, 0.717) is 10.0 Å². The summed E-state index contributed by atoms with van der Waals surface area (Å²) in [6.45, 7) is 2.03. The lowest BCUT2D eigenvalue weighted by molar-refractivity contribution is 0.0600. The Hall–Kier alpha value is -0.150. The second-order valence-electron chi connectivity index (χ2n) is 4.59. The summed E-state index contributed by atoms with van der Waals surface area (Å²) in [5, 5.41) is 4.68. The lowest BCUT2D eigenvalue weighted by Gasteiger charge is -2.33. The summed E-state index contributed by atoms with van der Waals surface area (Å²) < 4.78 is 6.09. The fourth-order valence-electron chi connectivity index (χ4n) is 2.62. The van der Waals surface area contributed by atoms with Crippen LogP contribution in [0, 0.1) is 0 Å². The van der Waals surface area contributed by atoms with Crippen LogP contribution in [0.5, 0.6) is 5.75 Å². The summed E-state index contributed by atoms with van der Waals surface area (Å²) in [5.41, 5.74) is 1.11. The first-order chi connectivity index (χ1) is 7.69. The van der Waals surface area contributed by atoms with Crippen LogP contribution in [0.1, 0.15) is 18.4 Å². The van der Waals surface area contributed by atoms with Gasteiger partial charge in [0.1, 0.15) is 11.4 Å². The molecule has 2 nitrogen and oxygen atoms in total. The molecule has 1 saturated heterocycles. The molecular weight excluding hydrogens is 280 g/mol. The Kier molecular flexibility index (Phi) is 3.79. The predicted molar refractivity (Wildman–Crippen MR) is 72.9 cm³/mol. The first-order valence-corrected chi connectivity index (χ1v) is 6.32. The highest BCUT2D eigenvalue weighted by atomic mass is 35.5. The summed E-state index contributed by atoms with van der Waals surface area (Å²) in [6, 6.07) is 3.72. The molecule has 17 heavy (non-hydrogen) atoms. The topological polar surface area (TPSA) is 21.3 Å². The van der Waals surface area contributed by atoms with Crippen molar-refractivity contribution in [2.45, 2.75) is 24.9 Å². The average molecular weight is 295 g/mol. The number of fused-ring (bicyclic) bond motifs is 1. The number of rotatable bonds is 0. The lowest BCUT2D eigenvalue weighted by atomic mass is 9.88. The van der Waals surface area contributed by atoms with Crippen LogP contribution in [0.3, 0.4) is 0 Å². The van der Waals surface area contributed by atoms with E-state index in [0.717, 1.165) is 43.7 Å². The van der Waals surface area contributed by atoms with Gasteiger partial charge in [-0.05, 0) is 38.1 Å². The van der Waals surface area contributed by atoms with E-state index in [1.807, 2.05) is 6.07 Å². The van der Waals surface area contributed by atoms with Gasteiger partial charge in [0.05, 0.1) is 5.02 Å². The smallest absolute Gasteiger partial charge is 0.142 e. The molecule has 0 bridgehead atoms. The summed E-state index contributed by atoms with van der Waals surface area (Å²) in [6.07, 6.45) is 3.01. The third-order valence-corrected chi connectivity index (χ3v) is 3.93. The highest BCUT2D eigenvalue weighted by Gasteiger charge is 2.41. The van der Waals surface area contributed by atoms with Gasteiger partial charge in [-0.25, -0.2) is 0 Å². The molecule has 2 aliphatic rings. The number of nitrogens with one attached hydrogen (secondary N) is 1. The molecule has 2 heterocycles. The summed E-state index contributed by atoms with van der Waals surface area (Å²) in [7, 11) is 0. The number of ether oxygens (including phenoxy) is 1. The van der Waals surface area contributed by atoms with Crippen LogP contribution in [0.4, 0.5) is 0 Å². The normalized spacial score (nSPS) is 20.6. The predicted octanol–water partition coefficient (Wildman–Crippen LogP) is 3.47. The van der Waals surface area contributed by atoms with Gasteiger partial charge >= 0.3 is 0 Å². The largest absolute Gasteiger partial charge is 0.485 e. The Balaban J connectivity index is 0.00000108. The number of piperidine rings is 1. The van der Waals surface area contributed by atoms with E-state index in [2.05, 4.69) is 5.32 Å². The van der Waals surface area contributed by atoms with E-state index >= 15 is 0 Å². The molecule has 0 radical (unpaired) electrons. The summed E-state index contributed by atoms with van der Waals surface area (Å²) in [5.74, 6) is 0.841. The van der Waals surface area contributed by atoms with Gasteiger partial charge in [0.25, 0.3) is 0 Å². The van der Waals surface area contributed by atoms with Crippen molar-refractivity contribution in [1.82, 2.24) is 5.32 Å². The summed E-state index contributed by atoms with van der Waals surface area (Å²) >= 11 is 12.2. The highest BCUT2D eigenvalue weighted by molar-refractivity contribution is 6.35. The molecule has 94 valence electrons. The number of benzene rings is 1. The molecule has 5 heteroatoms. The molecule has 1 aromatic carbocycles. The van der Waals surface area contributed by atoms with Gasteiger partial charge in [0, 0.05) is 17.0 Å². The third kappa shape index (κ3) is 2.37. The molecule has 0 amide bonds. The van der Waals surface area contributed by atoms with E-state index in [1.165, 1.54) is 0 Å². The molecule has 1 N–H and O–H groups in total. The molecule has 0 aliphatic carbocycles. The van der Waals surface area contributed by atoms with E-state index < -0.39 is 0 Å². The van der Waals surface area contributed by atoms with Crippen LogP contribution in [0.15, 0.2) is 12.1 Å². The molecule has 1 fully saturated rings. The van der Waals surface area contributed by atoms with E-state index in [-0.39, 0.29) is 18.0 Å². The number of hydrogen-bond acceptors (Lipinski definition) is 2. The van der Waals surface area contributed by atoms with Crippen molar-refractivity contribution in [3.63, 3.8) is 0 Å². The number of hydrogen-bond donors (Lipinski definition) is 1. The second kappa shape index (κ2) is 4.85. The van der Waals surface area contributed by atoms with Gasteiger partial charge < -0.3 is 10.1 Å². The maximum atomic E-state index is 6.15. The minimum absolute atomic E-state index is 0. The van der Waals surface area contributed by atoms with Gasteiger partial charge in [-0.3, -0.25) is 0 Å². The monoisotopic (exact) mass is 293 g/mol. The zero-order valence-corrected chi connectivity index (χ0v) is 11.6. The Morgan fingerprint density at radius 2 is 1.88 bits per heavy atom. The molecule has 1 spiro atoms. The quantitative estimate of drug-likeness (QED) is 0.791. The SMILES string of the molecule is Cl.Clc1cc(Cl)c2c(c1)CC1(CCNCC1)O2. The Morgan fingerprint density at radius 1 is 1.18 bits per heavy atom. The van der Waals surface area contributed by atoms with Gasteiger partial charge in [0.2, 0.25) is 0 Å². The van der Waals surface area contributed by atoms with E-state index in [4.69, 9.17) is 27.9 Å². The van der Waals surface area contributed by atoms with Crippen molar-refractivity contribution in [3.8, 4) is 5.75 Å². The van der Waals surface area contributed by atoms with Crippen LogP contribution >= 0.6 is 35.6 Å². The number of halogens is 3. The van der Waals surface area contributed by atoms with Crippen molar-refractivity contribution in [2.75, 3.05) is 13.1 Å². The van der Waals surface area contributed by atoms with Gasteiger partial charge in [-0.2, -0.15) is 0 Å². The molecule has 3 rings (SSSR count). The summed E-state index contributed by atoms with van der Waals surface area (Å²) in [4.78, 5) is 0. The molecule has 0 atom stereocenters. The van der Waals surface area contributed by atoms with Crippen molar-refractivity contribution < 1.29 is 4.74 Å². The second-order valence-corrected chi connectivity index (χ2v) is 5.43. The van der Waals surface area contributed by atoms with E-state index in [1.54, 1.807) is 6.07 Å². The molecule has 2 aliphatic heterocycles. The van der Waals surface area contributed by atoms with Crippen molar-refractivity contribution in [3.05, 3.63) is 27.7 Å². The highest BCUT2D eigenvalue weighted by Crippen LogP contribution is 2.45. The standard InChI is InChI=1S/C12H13Cl2NO.ClH/c13-9-5-8-7-12(1-3-15-4-2-12)16-11(8)10(14)6-9;/h5-6,15H,1-4,7H2;1H. The molecule has 0 saturated carbocycles. The van der Waals surface area contributed by atoms with Gasteiger partial charge in [-0.15, -0.1) is 12.4 Å². The minimum Gasteiger partial charge on any atom is -0.485 e. The van der Waals surface area contributed by atoms with Crippen LogP contribution in [-0.2, 0) is 6.42 Å². The molecule has 0 aromatic heterocycles. The zero-order chi connectivity index (χ0) is 11.2. The maximum Gasteiger partial charge on any atom is 0.142 e. The Morgan fingerprint density at radius 3 is 2.59 bits per heavy atom. The maximum absolute atomic E-state index is 6.15.